The molecule has 0 aliphatic rings. The smallest absolute Gasteiger partial charge is 0.253 e. The first kappa shape index (κ1) is 108. The monoisotopic (exact) mass is 2190 g/mol. The SMILES string of the molecule is CC(C)c1ccc2c(=O)c3ccc(Cl)c(Br)c3n(CC(=O)CS(C)(=O)=O)c2c1.CC(C)c1ccc2c(=O)c3ccc(Cl)c(Cl)c3n(CC(=O)NS(C)(=O)=O)c2c1.CCS(=O)(=O)CC(=O)Cn1c2cc(C)ccc2c(=O)c2ccc(Cl)c(OC)c21.Cc1ccc(S(=O)(=O)CC(=O)Cn2c3cc(C(C)C)ccc3c(=O)c3ccc(Cl)c(Cl)c32)cc1.O=C(CO)Cn1c2ccccc2c(=O)c2ccc(Cl)c(Cl)c21. The van der Waals surface area contributed by atoms with E-state index >= 15 is 0 Å². The number of carbonyl (C=O) groups is 5. The van der Waals surface area contributed by atoms with Crippen LogP contribution in [-0.2, 0) is 96.2 Å². The summed E-state index contributed by atoms with van der Waals surface area (Å²) in [5.41, 5.74) is 8.29. The van der Waals surface area contributed by atoms with Gasteiger partial charge in [-0.05, 0) is 203 Å². The fourth-order valence-electron chi connectivity index (χ4n) is 16.2. The molecule has 5 aromatic heterocycles. The number of sulfonamides is 1. The van der Waals surface area contributed by atoms with Crippen LogP contribution >= 0.6 is 109 Å². The number of para-hydroxylation sites is 1. The van der Waals surface area contributed by atoms with Gasteiger partial charge in [-0.1, -0.05) is 195 Å². The molecule has 5 heterocycles. The summed E-state index contributed by atoms with van der Waals surface area (Å²) in [6.45, 7) is 15.7. The van der Waals surface area contributed by atoms with Gasteiger partial charge in [0, 0.05) is 60.5 Å². The molecule has 0 fully saturated rings. The number of sulfone groups is 3. The lowest BCUT2D eigenvalue weighted by Gasteiger charge is -2.18. The highest BCUT2D eigenvalue weighted by Crippen LogP contribution is 2.40. The molecular formula is C101H91BrCl8N6O20S4. The van der Waals surface area contributed by atoms with E-state index in [9.17, 15) is 81.6 Å². The fourth-order valence-corrected chi connectivity index (χ4v) is 21.5. The number of ether oxygens (including phenoxy) is 1. The Kier molecular flexibility index (Phi) is 34.0. The van der Waals surface area contributed by atoms with Crippen LogP contribution < -0.4 is 36.6 Å². The van der Waals surface area contributed by atoms with Crippen molar-refractivity contribution in [2.24, 2.45) is 0 Å². The van der Waals surface area contributed by atoms with Gasteiger partial charge in [-0.3, -0.25) is 52.7 Å². The average molecular weight is 2200 g/mol. The van der Waals surface area contributed by atoms with Crippen LogP contribution in [0.3, 0.4) is 0 Å². The maximum atomic E-state index is 13.2. The van der Waals surface area contributed by atoms with E-state index < -0.39 is 86.7 Å². The predicted octanol–water partition coefficient (Wildman–Crippen LogP) is 20.1. The zero-order valence-electron chi connectivity index (χ0n) is 77.1. The number of nitrogens with zero attached hydrogens (tertiary/aromatic N) is 5. The summed E-state index contributed by atoms with van der Waals surface area (Å²) in [4.78, 5) is 127. The number of aliphatic hydroxyl groups excluding tert-OH is 1. The van der Waals surface area contributed by atoms with Crippen LogP contribution in [-0.4, -0.2) is 140 Å². The number of aliphatic hydroxyl groups is 1. The number of benzene rings is 11. The molecule has 0 aliphatic carbocycles. The molecule has 0 radical (unpaired) electrons. The molecule has 1 amide bonds. The second-order valence-electron chi connectivity index (χ2n) is 34.3. The Labute approximate surface area is 852 Å². The molecule has 0 spiro atoms. The average Bonchev–Trinajstić information content (AvgIpc) is 0.745. The molecule has 11 aromatic carbocycles. The maximum Gasteiger partial charge on any atom is 0.253 e. The normalized spacial score (nSPS) is 11.9. The molecule has 140 heavy (non-hydrogen) atoms. The minimum Gasteiger partial charge on any atom is -0.493 e. The Morgan fingerprint density at radius 3 is 1.11 bits per heavy atom. The molecular weight excluding hydrogens is 2110 g/mol. The van der Waals surface area contributed by atoms with E-state index in [4.69, 9.17) is 103 Å². The number of ketones is 4. The fraction of sp³-hybridized carbons (Fsp3) is 0.248. The molecule has 0 atom stereocenters. The first-order valence-corrected chi connectivity index (χ1v) is 54.3. The summed E-state index contributed by atoms with van der Waals surface area (Å²) in [6.07, 6.45) is 1.92. The van der Waals surface area contributed by atoms with Gasteiger partial charge in [0.15, 0.2) is 85.5 Å². The van der Waals surface area contributed by atoms with Crippen molar-refractivity contribution in [3.05, 3.63) is 306 Å². The van der Waals surface area contributed by atoms with Crippen LogP contribution in [0.2, 0.25) is 40.2 Å². The summed E-state index contributed by atoms with van der Waals surface area (Å²) in [5.74, 6) is -3.66. The summed E-state index contributed by atoms with van der Waals surface area (Å²) < 4.78 is 111. The molecule has 0 aliphatic heterocycles. The largest absolute Gasteiger partial charge is 0.493 e. The molecule has 26 nitrogen and oxygen atoms in total. The van der Waals surface area contributed by atoms with Crippen molar-refractivity contribution in [1.29, 1.82) is 0 Å². The Bertz CT molecular complexity index is 8510. The highest BCUT2D eigenvalue weighted by atomic mass is 79.9. The van der Waals surface area contributed by atoms with Crippen molar-refractivity contribution in [1.82, 2.24) is 27.6 Å². The Morgan fingerprint density at radius 2 is 0.707 bits per heavy atom. The number of carbonyl (C=O) groups excluding carboxylic acids is 5. The second kappa shape index (κ2) is 44.0. The number of aromatic nitrogens is 5. The second-order valence-corrected chi connectivity index (χ2v) is 46.5. The summed E-state index contributed by atoms with van der Waals surface area (Å²) >= 11 is 53.5. The number of Topliss-reactive ketones (excluding diaryl/α,β-unsaturated/α-hetero) is 4. The number of aryl methyl sites for hydroxylation is 2. The molecule has 732 valence electrons. The van der Waals surface area contributed by atoms with Crippen LogP contribution in [0.1, 0.15) is 94.0 Å². The topological polar surface area (TPSA) is 373 Å². The molecule has 16 aromatic rings. The molecule has 2 N–H and O–H groups in total. The number of hydrogen-bond acceptors (Lipinski definition) is 20. The van der Waals surface area contributed by atoms with Gasteiger partial charge in [-0.2, -0.15) is 0 Å². The Morgan fingerprint density at radius 1 is 0.379 bits per heavy atom. The lowest BCUT2D eigenvalue weighted by Crippen LogP contribution is -2.33. The zero-order valence-corrected chi connectivity index (χ0v) is 88.0. The highest BCUT2D eigenvalue weighted by molar-refractivity contribution is 9.10. The van der Waals surface area contributed by atoms with E-state index in [2.05, 4.69) is 15.9 Å². The van der Waals surface area contributed by atoms with Gasteiger partial charge in [-0.15, -0.1) is 0 Å². The van der Waals surface area contributed by atoms with Gasteiger partial charge in [0.25, 0.3) is 5.91 Å². The Balaban J connectivity index is 0.000000158. The van der Waals surface area contributed by atoms with Gasteiger partial charge < -0.3 is 32.7 Å². The van der Waals surface area contributed by atoms with Gasteiger partial charge in [-0.25, -0.2) is 33.7 Å². The van der Waals surface area contributed by atoms with E-state index in [1.54, 1.807) is 134 Å². The van der Waals surface area contributed by atoms with Crippen molar-refractivity contribution in [2.45, 2.75) is 118 Å². The van der Waals surface area contributed by atoms with E-state index in [1.807, 2.05) is 103 Å². The van der Waals surface area contributed by atoms with Gasteiger partial charge in [0.05, 0.1) is 150 Å². The first-order valence-electron chi connectivity index (χ1n) is 43.1. The third-order valence-electron chi connectivity index (χ3n) is 23.0. The van der Waals surface area contributed by atoms with Crippen molar-refractivity contribution >= 4 is 286 Å². The quantitative estimate of drug-likeness (QED) is 0.0531. The number of hydrogen-bond donors (Lipinski definition) is 2. The van der Waals surface area contributed by atoms with E-state index in [0.29, 0.717) is 123 Å². The van der Waals surface area contributed by atoms with E-state index in [0.717, 1.165) is 40.3 Å². The van der Waals surface area contributed by atoms with Crippen molar-refractivity contribution < 1.29 is 67.5 Å². The molecule has 39 heteroatoms. The molecule has 0 bridgehead atoms. The van der Waals surface area contributed by atoms with Crippen LogP contribution in [0.15, 0.2) is 215 Å². The summed E-state index contributed by atoms with van der Waals surface area (Å²) in [5, 5.41) is 15.0. The molecule has 16 rings (SSSR count). The molecule has 0 unspecified atom stereocenters. The number of amides is 1. The lowest BCUT2D eigenvalue weighted by molar-refractivity contribution is -0.122. The summed E-state index contributed by atoms with van der Waals surface area (Å²) in [6, 6.07) is 50.7. The highest BCUT2D eigenvalue weighted by Gasteiger charge is 2.29. The third kappa shape index (κ3) is 23.8. The first-order chi connectivity index (χ1) is 65.7. The standard InChI is InChI=1S/C26H23Cl2NO4S.C20H19BrClNO4S.C20H20ClNO5S.C19H18Cl2N2O4S.C16H11Cl2NO3/c1-15(2)17-6-9-20-23(12-17)29(25-21(26(20)31)10-11-22(27)24(25)28)13-18(30)14-34(32,33)19-7-4-16(3)5-8-19;1-11(2)12-4-5-14-17(8-12)23(9-13(24)10-28(3,26)27)19-15(20(14)25)6-7-16(22)18(19)21;1-4-28(25,26)11-13(23)10-22-17-9-12(2)5-6-14(17)19(24)15-7-8-16(21)20(27-3)18(15)22;1-10(2)11-4-5-12-15(8-11)23(9-16(24)22-28(3,26)27)18-13(19(12)25)6-7-14(20)17(18)21;17-12-6-5-11-15(14(12)18)19(7-9(21)8-20)13-4-2-1-3-10(13)16(11)22/h4-12,15H,13-14H2,1-3H3;4-8,11H,9-10H2,1-3H3;5-9H,4,10-11H2,1-3H3;4-8,10H,9H2,1-3H3,(H,22,24);1-6,20H,7-8H2. The van der Waals surface area contributed by atoms with Crippen molar-refractivity contribution in [2.75, 3.05) is 49.2 Å². The van der Waals surface area contributed by atoms with Gasteiger partial charge >= 0.3 is 0 Å². The number of rotatable bonds is 24. The molecule has 0 saturated heterocycles. The molecule has 0 saturated carbocycles. The van der Waals surface area contributed by atoms with Crippen molar-refractivity contribution in [3.8, 4) is 5.75 Å². The van der Waals surface area contributed by atoms with Crippen LogP contribution in [0.4, 0.5) is 0 Å². The summed E-state index contributed by atoms with van der Waals surface area (Å²) in [7, 11) is -13.1. The van der Waals surface area contributed by atoms with Crippen LogP contribution in [0.5, 0.6) is 5.75 Å². The van der Waals surface area contributed by atoms with E-state index in [-0.39, 0.29) is 130 Å². The maximum absolute atomic E-state index is 13.2. The number of fused-ring (bicyclic) bond motifs is 10. The van der Waals surface area contributed by atoms with Crippen LogP contribution in [0, 0.1) is 13.8 Å². The minimum atomic E-state index is -3.83. The van der Waals surface area contributed by atoms with Gasteiger partial charge in [0.2, 0.25) is 10.0 Å². The number of methoxy groups -OCH3 is 1. The Hall–Kier alpha value is -10.7. The van der Waals surface area contributed by atoms with Crippen molar-refractivity contribution in [3.63, 3.8) is 0 Å². The number of halogens is 9. The lowest BCUT2D eigenvalue weighted by atomic mass is 10.00. The van der Waals surface area contributed by atoms with Crippen LogP contribution in [0.25, 0.3) is 109 Å². The minimum absolute atomic E-state index is 0.0873. The van der Waals surface area contributed by atoms with E-state index in [1.165, 1.54) is 42.9 Å². The van der Waals surface area contributed by atoms with Gasteiger partial charge in [0.1, 0.15) is 30.4 Å². The predicted molar refractivity (Wildman–Crippen MR) is 567 cm³/mol. The zero-order chi connectivity index (χ0) is 103. The third-order valence-corrected chi connectivity index (χ3v) is 31.8. The number of nitrogens with one attached hydrogen (secondary N) is 1. The number of pyridine rings is 5.